The second kappa shape index (κ2) is 10.5. The van der Waals surface area contributed by atoms with E-state index in [2.05, 4.69) is 5.32 Å². The van der Waals surface area contributed by atoms with Crippen LogP contribution in [-0.4, -0.2) is 42.6 Å². The van der Waals surface area contributed by atoms with Gasteiger partial charge in [-0.2, -0.15) is 0 Å². The molecule has 7 nitrogen and oxygen atoms in total. The standard InChI is InChI=1S/C35H26Cl2N2O5/c1-43-21-12-14-28(44-2)24(18-21)31(40)29-30(32(41)23-13-11-20(36)17-26(23)37)39-16-15-19-7-3-4-8-22(19)33(39)35(29)25-9-5-6-10-27(25)38-34(35)42/h3-18,29-30,33H,1-2H3,(H,38,42)/t29-,30+,33-,35-/m0/s1. The number of Topliss-reactive ketones (excluding diaryl/α,β-unsaturated/α-hetero) is 2. The molecule has 0 bridgehead atoms. The molecule has 0 aliphatic carbocycles. The van der Waals surface area contributed by atoms with Gasteiger partial charge in [-0.25, -0.2) is 0 Å². The van der Waals surface area contributed by atoms with Crippen molar-refractivity contribution in [2.24, 2.45) is 5.92 Å². The van der Waals surface area contributed by atoms with E-state index >= 15 is 4.79 Å². The van der Waals surface area contributed by atoms with Crippen LogP contribution in [0.5, 0.6) is 11.5 Å². The van der Waals surface area contributed by atoms with Crippen molar-refractivity contribution in [2.45, 2.75) is 17.5 Å². The first-order valence-electron chi connectivity index (χ1n) is 14.0. The Labute approximate surface area is 264 Å². The second-order valence-corrected chi connectivity index (χ2v) is 11.8. The van der Waals surface area contributed by atoms with E-state index in [0.717, 1.165) is 11.1 Å². The molecule has 3 aliphatic rings. The molecule has 0 aromatic heterocycles. The van der Waals surface area contributed by atoms with Crippen molar-refractivity contribution >= 4 is 52.4 Å². The van der Waals surface area contributed by atoms with Crippen LogP contribution in [0.25, 0.3) is 6.08 Å². The summed E-state index contributed by atoms with van der Waals surface area (Å²) in [5, 5.41) is 3.57. The molecule has 1 N–H and O–H groups in total. The molecule has 1 saturated heterocycles. The molecular weight excluding hydrogens is 599 g/mol. The Morgan fingerprint density at radius 3 is 2.41 bits per heavy atom. The first-order valence-corrected chi connectivity index (χ1v) is 14.8. The number of fused-ring (bicyclic) bond motifs is 6. The summed E-state index contributed by atoms with van der Waals surface area (Å²) in [4.78, 5) is 46.5. The van der Waals surface area contributed by atoms with Gasteiger partial charge in [0.1, 0.15) is 23.0 Å². The average molecular weight is 626 g/mol. The zero-order valence-corrected chi connectivity index (χ0v) is 25.2. The minimum atomic E-state index is -1.50. The van der Waals surface area contributed by atoms with Crippen LogP contribution in [0.4, 0.5) is 5.69 Å². The number of hydrogen-bond donors (Lipinski definition) is 1. The molecule has 220 valence electrons. The van der Waals surface area contributed by atoms with Crippen LogP contribution >= 0.6 is 23.2 Å². The average Bonchev–Trinajstić information content (AvgIpc) is 3.52. The lowest BCUT2D eigenvalue weighted by atomic mass is 9.62. The number of benzene rings is 4. The number of hydrogen-bond acceptors (Lipinski definition) is 6. The van der Waals surface area contributed by atoms with Gasteiger partial charge in [-0.1, -0.05) is 65.7 Å². The van der Waals surface area contributed by atoms with E-state index in [1.165, 1.54) is 20.3 Å². The summed E-state index contributed by atoms with van der Waals surface area (Å²) in [6.45, 7) is 0. The van der Waals surface area contributed by atoms with Crippen LogP contribution in [-0.2, 0) is 10.2 Å². The summed E-state index contributed by atoms with van der Waals surface area (Å²) >= 11 is 12.8. The minimum Gasteiger partial charge on any atom is -0.497 e. The summed E-state index contributed by atoms with van der Waals surface area (Å²) in [5.41, 5.74) is 1.86. The number of carbonyl (C=O) groups is 3. The Kier molecular flexibility index (Phi) is 6.76. The molecule has 4 aromatic carbocycles. The highest BCUT2D eigenvalue weighted by molar-refractivity contribution is 6.37. The third-order valence-electron chi connectivity index (χ3n) is 8.99. The normalized spacial score (nSPS) is 22.7. The SMILES string of the molecule is COc1ccc(OC)c(C(=O)[C@@H]2[C@H](C(=O)c3ccc(Cl)cc3Cl)N3C=Cc4ccccc4[C@H]3[C@@]23C(=O)Nc2ccccc23)c1. The van der Waals surface area contributed by atoms with E-state index < -0.39 is 35.0 Å². The zero-order chi connectivity index (χ0) is 30.7. The predicted molar refractivity (Wildman–Crippen MR) is 169 cm³/mol. The molecule has 4 atom stereocenters. The van der Waals surface area contributed by atoms with Gasteiger partial charge >= 0.3 is 0 Å². The second-order valence-electron chi connectivity index (χ2n) is 11.0. The maximum atomic E-state index is 15.2. The van der Waals surface area contributed by atoms with E-state index in [1.54, 1.807) is 30.3 Å². The molecule has 3 heterocycles. The molecule has 1 spiro atoms. The van der Waals surface area contributed by atoms with Crippen molar-refractivity contribution < 1.29 is 23.9 Å². The summed E-state index contributed by atoms with van der Waals surface area (Å²) in [7, 11) is 2.98. The molecule has 0 radical (unpaired) electrons. The van der Waals surface area contributed by atoms with Gasteiger partial charge in [-0.15, -0.1) is 0 Å². The Hall–Kier alpha value is -4.59. The maximum Gasteiger partial charge on any atom is 0.238 e. The highest BCUT2D eigenvalue weighted by atomic mass is 35.5. The Balaban J connectivity index is 1.56. The van der Waals surface area contributed by atoms with Crippen LogP contribution in [0.1, 0.15) is 43.4 Å². The van der Waals surface area contributed by atoms with Crippen LogP contribution in [0.3, 0.4) is 0 Å². The third kappa shape index (κ3) is 3.92. The third-order valence-corrected chi connectivity index (χ3v) is 9.54. The van der Waals surface area contributed by atoms with Gasteiger partial charge in [-0.05, 0) is 65.2 Å². The Morgan fingerprint density at radius 2 is 1.64 bits per heavy atom. The van der Waals surface area contributed by atoms with Gasteiger partial charge < -0.3 is 19.7 Å². The van der Waals surface area contributed by atoms with Gasteiger partial charge in [-0.3, -0.25) is 14.4 Å². The first kappa shape index (κ1) is 28.2. The van der Waals surface area contributed by atoms with Gasteiger partial charge in [0.25, 0.3) is 0 Å². The number of nitrogens with zero attached hydrogens (tertiary/aromatic N) is 1. The number of ketones is 2. The minimum absolute atomic E-state index is 0.155. The van der Waals surface area contributed by atoms with Crippen molar-refractivity contribution in [1.29, 1.82) is 0 Å². The lowest BCUT2D eigenvalue weighted by molar-refractivity contribution is -0.122. The summed E-state index contributed by atoms with van der Waals surface area (Å²) < 4.78 is 11.1. The quantitative estimate of drug-likeness (QED) is 0.233. The topological polar surface area (TPSA) is 84.9 Å². The van der Waals surface area contributed by atoms with Crippen LogP contribution in [0.15, 0.2) is 91.1 Å². The maximum absolute atomic E-state index is 15.2. The fourth-order valence-corrected chi connectivity index (χ4v) is 7.69. The number of anilines is 1. The lowest BCUT2D eigenvalue weighted by Crippen LogP contribution is -2.49. The highest BCUT2D eigenvalue weighted by Crippen LogP contribution is 2.62. The van der Waals surface area contributed by atoms with Crippen LogP contribution in [0, 0.1) is 5.92 Å². The smallest absolute Gasteiger partial charge is 0.238 e. The molecular formula is C35H26Cl2N2O5. The van der Waals surface area contributed by atoms with Crippen molar-refractivity contribution in [3.05, 3.63) is 129 Å². The van der Waals surface area contributed by atoms with Gasteiger partial charge in [0.2, 0.25) is 5.91 Å². The van der Waals surface area contributed by atoms with Crippen molar-refractivity contribution in [3.8, 4) is 11.5 Å². The summed E-state index contributed by atoms with van der Waals surface area (Å²) in [6.07, 6.45) is 3.71. The number of rotatable bonds is 6. The van der Waals surface area contributed by atoms with Gasteiger partial charge in [0, 0.05) is 22.5 Å². The summed E-state index contributed by atoms with van der Waals surface area (Å²) in [6, 6.07) is 22.8. The van der Waals surface area contributed by atoms with Crippen LogP contribution in [0.2, 0.25) is 10.0 Å². The predicted octanol–water partition coefficient (Wildman–Crippen LogP) is 6.99. The number of ether oxygens (including phenoxy) is 2. The number of amides is 1. The largest absolute Gasteiger partial charge is 0.497 e. The monoisotopic (exact) mass is 624 g/mol. The molecule has 4 aromatic rings. The molecule has 9 heteroatoms. The summed E-state index contributed by atoms with van der Waals surface area (Å²) in [5.74, 6) is -1.67. The molecule has 0 saturated carbocycles. The van der Waals surface area contributed by atoms with E-state index in [0.29, 0.717) is 27.8 Å². The molecule has 7 rings (SSSR count). The number of halogens is 2. The van der Waals surface area contributed by atoms with Crippen molar-refractivity contribution in [1.82, 2.24) is 4.90 Å². The van der Waals surface area contributed by atoms with E-state index in [4.69, 9.17) is 32.7 Å². The number of carbonyl (C=O) groups excluding carboxylic acids is 3. The fraction of sp³-hybridized carbons (Fsp3) is 0.171. The number of methoxy groups -OCH3 is 2. The first-order chi connectivity index (χ1) is 21.3. The van der Waals surface area contributed by atoms with Crippen molar-refractivity contribution in [3.63, 3.8) is 0 Å². The zero-order valence-electron chi connectivity index (χ0n) is 23.7. The number of para-hydroxylation sites is 1. The molecule has 1 amide bonds. The molecule has 0 unspecified atom stereocenters. The molecule has 1 fully saturated rings. The Morgan fingerprint density at radius 1 is 0.864 bits per heavy atom. The van der Waals surface area contributed by atoms with Crippen molar-refractivity contribution in [2.75, 3.05) is 19.5 Å². The highest BCUT2D eigenvalue weighted by Gasteiger charge is 2.71. The van der Waals surface area contributed by atoms with E-state index in [1.807, 2.05) is 65.7 Å². The van der Waals surface area contributed by atoms with Gasteiger partial charge in [0.15, 0.2) is 11.6 Å². The molecule has 44 heavy (non-hydrogen) atoms. The Bertz CT molecular complexity index is 1910. The fourth-order valence-electron chi connectivity index (χ4n) is 7.19. The van der Waals surface area contributed by atoms with E-state index in [-0.39, 0.29) is 22.1 Å². The number of nitrogens with one attached hydrogen (secondary N) is 1. The van der Waals surface area contributed by atoms with Crippen LogP contribution < -0.4 is 14.8 Å². The molecule has 3 aliphatic heterocycles. The van der Waals surface area contributed by atoms with Gasteiger partial charge in [0.05, 0.1) is 36.8 Å². The van der Waals surface area contributed by atoms with E-state index in [9.17, 15) is 9.59 Å². The lowest BCUT2D eigenvalue weighted by Gasteiger charge is -2.38.